The van der Waals surface area contributed by atoms with Gasteiger partial charge in [0.25, 0.3) is 6.43 Å². The monoisotopic (exact) mass is 274 g/mol. The molecule has 0 saturated heterocycles. The number of halogens is 4. The second-order valence-electron chi connectivity index (χ2n) is 2.79. The van der Waals surface area contributed by atoms with Crippen LogP contribution in [0.15, 0.2) is 17.4 Å². The zero-order valence-corrected chi connectivity index (χ0v) is 9.22. The summed E-state index contributed by atoms with van der Waals surface area (Å²) in [4.78, 5) is 6.64. The standard InChI is InChI=1S/C7H6ClF3N2O2S/c8-5-1-2-12-7(13-5)16(14,15)3-4(9)6(10)11/h1-2,4,6H,3H2. The first kappa shape index (κ1) is 13.2. The molecule has 90 valence electrons. The topological polar surface area (TPSA) is 59.9 Å². The molecule has 1 aromatic heterocycles. The van der Waals surface area contributed by atoms with Crippen LogP contribution in [0.1, 0.15) is 0 Å². The molecule has 0 aromatic carbocycles. The summed E-state index contributed by atoms with van der Waals surface area (Å²) in [5.41, 5.74) is 0. The molecule has 1 atom stereocenters. The van der Waals surface area contributed by atoms with E-state index >= 15 is 0 Å². The van der Waals surface area contributed by atoms with Crippen LogP contribution in [-0.4, -0.2) is 36.7 Å². The second kappa shape index (κ2) is 4.96. The van der Waals surface area contributed by atoms with Crippen molar-refractivity contribution in [1.82, 2.24) is 9.97 Å². The first-order valence-electron chi connectivity index (χ1n) is 3.96. The fraction of sp³-hybridized carbons (Fsp3) is 0.429. The Bertz CT molecular complexity index is 468. The van der Waals surface area contributed by atoms with E-state index in [2.05, 4.69) is 9.97 Å². The van der Waals surface area contributed by atoms with Gasteiger partial charge < -0.3 is 0 Å². The van der Waals surface area contributed by atoms with Gasteiger partial charge >= 0.3 is 0 Å². The average molecular weight is 275 g/mol. The molecule has 0 radical (unpaired) electrons. The van der Waals surface area contributed by atoms with Crippen LogP contribution in [0.25, 0.3) is 0 Å². The van der Waals surface area contributed by atoms with Crippen LogP contribution < -0.4 is 0 Å². The highest BCUT2D eigenvalue weighted by atomic mass is 35.5. The number of hydrogen-bond acceptors (Lipinski definition) is 4. The quantitative estimate of drug-likeness (QED) is 0.617. The van der Waals surface area contributed by atoms with Crippen molar-refractivity contribution >= 4 is 21.4 Å². The third-order valence-electron chi connectivity index (χ3n) is 1.53. The van der Waals surface area contributed by atoms with E-state index in [0.717, 1.165) is 6.20 Å². The predicted octanol–water partition coefficient (Wildman–Crippen LogP) is 1.51. The summed E-state index contributed by atoms with van der Waals surface area (Å²) in [7, 11) is -4.29. The van der Waals surface area contributed by atoms with Crippen molar-refractivity contribution in [1.29, 1.82) is 0 Å². The molecule has 9 heteroatoms. The molecular weight excluding hydrogens is 269 g/mol. The molecule has 0 aliphatic heterocycles. The Kier molecular flexibility index (Phi) is 4.09. The number of nitrogens with zero attached hydrogens (tertiary/aromatic N) is 2. The molecule has 0 amide bonds. The van der Waals surface area contributed by atoms with Crippen molar-refractivity contribution < 1.29 is 21.6 Å². The van der Waals surface area contributed by atoms with Gasteiger partial charge in [0.2, 0.25) is 15.0 Å². The number of aromatic nitrogens is 2. The highest BCUT2D eigenvalue weighted by molar-refractivity contribution is 7.91. The summed E-state index contributed by atoms with van der Waals surface area (Å²) in [6.45, 7) is 0. The predicted molar refractivity (Wildman–Crippen MR) is 50.0 cm³/mol. The van der Waals surface area contributed by atoms with Gasteiger partial charge in [-0.1, -0.05) is 11.6 Å². The zero-order chi connectivity index (χ0) is 12.3. The molecule has 4 nitrogen and oxygen atoms in total. The second-order valence-corrected chi connectivity index (χ2v) is 5.11. The highest BCUT2D eigenvalue weighted by Gasteiger charge is 2.29. The first-order valence-corrected chi connectivity index (χ1v) is 5.99. The van der Waals surface area contributed by atoms with Crippen LogP contribution in [0, 0.1) is 0 Å². The Balaban J connectivity index is 2.95. The summed E-state index contributed by atoms with van der Waals surface area (Å²) >= 11 is 5.39. The summed E-state index contributed by atoms with van der Waals surface area (Å²) in [6.07, 6.45) is -5.10. The van der Waals surface area contributed by atoms with Crippen molar-refractivity contribution in [2.24, 2.45) is 0 Å². The van der Waals surface area contributed by atoms with E-state index < -0.39 is 33.3 Å². The summed E-state index contributed by atoms with van der Waals surface area (Å²) in [6, 6.07) is 1.21. The SMILES string of the molecule is O=S(=O)(CC(F)C(F)F)c1nccc(Cl)n1. The molecule has 0 bridgehead atoms. The normalized spacial score (nSPS) is 14.1. The van der Waals surface area contributed by atoms with E-state index in [0.29, 0.717) is 0 Å². The summed E-state index contributed by atoms with van der Waals surface area (Å²) in [5.74, 6) is -1.37. The maximum Gasteiger partial charge on any atom is 0.270 e. The Labute approximate surface area is 94.4 Å². The molecule has 0 aliphatic carbocycles. The lowest BCUT2D eigenvalue weighted by Crippen LogP contribution is -2.25. The minimum atomic E-state index is -4.29. The lowest BCUT2D eigenvalue weighted by Gasteiger charge is -2.06. The van der Waals surface area contributed by atoms with Crippen molar-refractivity contribution in [3.63, 3.8) is 0 Å². The van der Waals surface area contributed by atoms with Gasteiger partial charge in [0.15, 0.2) is 6.17 Å². The molecule has 0 saturated carbocycles. The number of rotatable bonds is 4. The van der Waals surface area contributed by atoms with E-state index in [1.807, 2.05) is 0 Å². The van der Waals surface area contributed by atoms with Gasteiger partial charge in [0, 0.05) is 6.20 Å². The van der Waals surface area contributed by atoms with Gasteiger partial charge in [0.1, 0.15) is 5.15 Å². The van der Waals surface area contributed by atoms with E-state index in [-0.39, 0.29) is 5.15 Å². The average Bonchev–Trinajstić information content (AvgIpc) is 2.17. The fourth-order valence-electron chi connectivity index (χ4n) is 0.827. The molecular formula is C7H6ClF3N2O2S. The van der Waals surface area contributed by atoms with E-state index in [1.54, 1.807) is 0 Å². The molecule has 0 fully saturated rings. The Morgan fingerprint density at radius 3 is 2.50 bits per heavy atom. The number of hydrogen-bond donors (Lipinski definition) is 0. The largest absolute Gasteiger partial charge is 0.270 e. The highest BCUT2D eigenvalue weighted by Crippen LogP contribution is 2.14. The third kappa shape index (κ3) is 3.31. The molecule has 1 unspecified atom stereocenters. The maximum absolute atomic E-state index is 12.6. The third-order valence-corrected chi connectivity index (χ3v) is 3.25. The molecule has 16 heavy (non-hydrogen) atoms. The Morgan fingerprint density at radius 1 is 1.38 bits per heavy atom. The fourth-order valence-corrected chi connectivity index (χ4v) is 2.19. The number of sulfone groups is 1. The van der Waals surface area contributed by atoms with E-state index in [4.69, 9.17) is 11.6 Å². The van der Waals surface area contributed by atoms with Crippen LogP contribution in [-0.2, 0) is 9.84 Å². The van der Waals surface area contributed by atoms with Crippen LogP contribution in [0.5, 0.6) is 0 Å². The van der Waals surface area contributed by atoms with Crippen LogP contribution >= 0.6 is 11.6 Å². The van der Waals surface area contributed by atoms with Gasteiger partial charge in [-0.15, -0.1) is 0 Å². The Morgan fingerprint density at radius 2 is 2.00 bits per heavy atom. The molecule has 1 rings (SSSR count). The molecule has 0 spiro atoms. The molecule has 1 heterocycles. The lowest BCUT2D eigenvalue weighted by molar-refractivity contribution is 0.0618. The van der Waals surface area contributed by atoms with Gasteiger partial charge in [0.05, 0.1) is 5.75 Å². The van der Waals surface area contributed by atoms with Crippen molar-refractivity contribution in [3.05, 3.63) is 17.4 Å². The Hall–Kier alpha value is -0.890. The summed E-state index contributed by atoms with van der Waals surface area (Å²) in [5, 5.41) is -0.927. The van der Waals surface area contributed by atoms with Gasteiger partial charge in [-0.05, 0) is 6.07 Å². The van der Waals surface area contributed by atoms with Gasteiger partial charge in [-0.2, -0.15) is 0 Å². The van der Waals surface area contributed by atoms with Crippen LogP contribution in [0.3, 0.4) is 0 Å². The van der Waals surface area contributed by atoms with E-state index in [1.165, 1.54) is 6.07 Å². The number of alkyl halides is 3. The van der Waals surface area contributed by atoms with Crippen molar-refractivity contribution in [2.45, 2.75) is 17.8 Å². The van der Waals surface area contributed by atoms with Crippen molar-refractivity contribution in [3.8, 4) is 0 Å². The molecule has 0 N–H and O–H groups in total. The van der Waals surface area contributed by atoms with Crippen LogP contribution in [0.2, 0.25) is 5.15 Å². The van der Waals surface area contributed by atoms with Gasteiger partial charge in [-0.3, -0.25) is 0 Å². The van der Waals surface area contributed by atoms with Gasteiger partial charge in [-0.25, -0.2) is 31.6 Å². The molecule has 0 aliphatic rings. The minimum absolute atomic E-state index is 0.166. The minimum Gasteiger partial charge on any atom is -0.240 e. The maximum atomic E-state index is 12.6. The zero-order valence-electron chi connectivity index (χ0n) is 7.65. The summed E-state index contributed by atoms with van der Waals surface area (Å²) < 4.78 is 59.0. The van der Waals surface area contributed by atoms with E-state index in [9.17, 15) is 21.6 Å². The lowest BCUT2D eigenvalue weighted by atomic mass is 10.5. The smallest absolute Gasteiger partial charge is 0.240 e. The van der Waals surface area contributed by atoms with Crippen LogP contribution in [0.4, 0.5) is 13.2 Å². The molecule has 1 aromatic rings. The van der Waals surface area contributed by atoms with Crippen molar-refractivity contribution in [2.75, 3.05) is 5.75 Å². The first-order chi connectivity index (χ1) is 7.33.